The van der Waals surface area contributed by atoms with E-state index < -0.39 is 54.2 Å². The van der Waals surface area contributed by atoms with E-state index in [0.29, 0.717) is 12.5 Å². The fraction of sp³-hybridized carbons (Fsp3) is 0.444. The Morgan fingerprint density at radius 2 is 1.42 bits per heavy atom. The minimum Gasteiger partial charge on any atom is -0.380 e. The predicted molar refractivity (Wildman–Crippen MR) is 223 cm³/mol. The molecule has 0 saturated carbocycles. The molecule has 59 heavy (non-hydrogen) atoms. The van der Waals surface area contributed by atoms with Gasteiger partial charge < -0.3 is 36.6 Å². The fourth-order valence-electron chi connectivity index (χ4n) is 8.47. The molecule has 7 rings (SSSR count). The van der Waals surface area contributed by atoms with E-state index in [1.165, 1.54) is 0 Å². The first-order valence-electron chi connectivity index (χ1n) is 20.9. The Balaban J connectivity index is 1.11. The molecular weight excluding hydrogens is 749 g/mol. The molecule has 6 N–H and O–H groups in total. The maximum atomic E-state index is 14.4. The van der Waals surface area contributed by atoms with Crippen molar-refractivity contribution < 1.29 is 28.7 Å². The number of fused-ring (bicyclic) bond motifs is 1. The summed E-state index contributed by atoms with van der Waals surface area (Å²) < 4.78 is 5.52. The highest BCUT2D eigenvalue weighted by molar-refractivity contribution is 5.96. The number of carbonyl (C=O) groups excluding carboxylic acids is 5. The quantitative estimate of drug-likeness (QED) is 0.205. The fourth-order valence-corrected chi connectivity index (χ4v) is 8.47. The number of carbonyl (C=O) groups is 5. The van der Waals surface area contributed by atoms with Crippen LogP contribution in [0.2, 0.25) is 0 Å². The van der Waals surface area contributed by atoms with Crippen LogP contribution in [-0.4, -0.2) is 128 Å². The van der Waals surface area contributed by atoms with Crippen LogP contribution >= 0.6 is 0 Å². The predicted octanol–water partition coefficient (Wildman–Crippen LogP) is 1.03. The molecule has 2 aromatic carbocycles. The third-order valence-corrected chi connectivity index (χ3v) is 11.7. The van der Waals surface area contributed by atoms with E-state index in [9.17, 15) is 24.0 Å². The van der Waals surface area contributed by atoms with Crippen LogP contribution < -0.4 is 31.9 Å². The number of allylic oxidation sites excluding steroid dienone is 4. The van der Waals surface area contributed by atoms with E-state index >= 15 is 0 Å². The SMILES string of the molecule is O=C(CN1CCC(N2CCOCC2)CC1)NC1CC(=O)NC(CC2=CNC3C=CC=CC=C23)C(=O)N[C@H](Cc2ccccc2)C(=O)N[C@H](Cc2ccccc2)CNC1=O. The highest BCUT2D eigenvalue weighted by Crippen LogP contribution is 2.27. The normalized spacial score (nSPS) is 26.4. The van der Waals surface area contributed by atoms with Crippen LogP contribution in [0.4, 0.5) is 0 Å². The van der Waals surface area contributed by atoms with Gasteiger partial charge in [-0.15, -0.1) is 0 Å². The lowest BCUT2D eigenvalue weighted by molar-refractivity contribution is -0.135. The third kappa shape index (κ3) is 11.8. The summed E-state index contributed by atoms with van der Waals surface area (Å²) in [4.78, 5) is 74.7. The second-order valence-electron chi connectivity index (χ2n) is 15.9. The number of morpholine rings is 1. The van der Waals surface area contributed by atoms with E-state index in [4.69, 9.17) is 4.74 Å². The van der Waals surface area contributed by atoms with Gasteiger partial charge in [-0.25, -0.2) is 0 Å². The summed E-state index contributed by atoms with van der Waals surface area (Å²) in [6.45, 7) is 4.90. The molecule has 5 atom stereocenters. The summed E-state index contributed by atoms with van der Waals surface area (Å²) in [7, 11) is 0. The van der Waals surface area contributed by atoms with Crippen molar-refractivity contribution in [1.82, 2.24) is 41.7 Å². The van der Waals surface area contributed by atoms with Crippen molar-refractivity contribution in [3.63, 3.8) is 0 Å². The monoisotopic (exact) mass is 804 g/mol. The maximum Gasteiger partial charge on any atom is 0.243 e. The molecule has 1 aliphatic carbocycles. The van der Waals surface area contributed by atoms with Gasteiger partial charge in [0.1, 0.15) is 18.1 Å². The number of nitrogens with zero attached hydrogens (tertiary/aromatic N) is 2. The molecule has 0 radical (unpaired) electrons. The first-order valence-corrected chi connectivity index (χ1v) is 20.9. The summed E-state index contributed by atoms with van der Waals surface area (Å²) in [6.07, 6.45) is 13.8. The van der Waals surface area contributed by atoms with Gasteiger partial charge in [-0.05, 0) is 41.5 Å². The average Bonchev–Trinajstić information content (AvgIpc) is 3.46. The molecule has 0 spiro atoms. The molecule has 5 amide bonds. The lowest BCUT2D eigenvalue weighted by Crippen LogP contribution is -2.59. The number of amides is 5. The number of hydrogen-bond acceptors (Lipinski definition) is 9. The van der Waals surface area contributed by atoms with Gasteiger partial charge in [-0.1, -0.05) is 91.0 Å². The van der Waals surface area contributed by atoms with Crippen LogP contribution in [-0.2, 0) is 41.6 Å². The molecule has 14 heteroatoms. The number of piperidine rings is 1. The molecule has 14 nitrogen and oxygen atoms in total. The van der Waals surface area contributed by atoms with Gasteiger partial charge in [-0.3, -0.25) is 33.8 Å². The molecule has 312 valence electrons. The van der Waals surface area contributed by atoms with Crippen molar-refractivity contribution in [3.8, 4) is 0 Å². The first kappa shape index (κ1) is 41.6. The van der Waals surface area contributed by atoms with Crippen molar-refractivity contribution in [2.24, 2.45) is 0 Å². The summed E-state index contributed by atoms with van der Waals surface area (Å²) in [5.74, 6) is -2.48. The molecule has 2 aromatic rings. The van der Waals surface area contributed by atoms with E-state index in [-0.39, 0.29) is 37.9 Å². The Morgan fingerprint density at radius 1 is 0.746 bits per heavy atom. The van der Waals surface area contributed by atoms with Crippen molar-refractivity contribution in [2.75, 3.05) is 52.5 Å². The average molecular weight is 805 g/mol. The Hall–Kier alpha value is -5.57. The van der Waals surface area contributed by atoms with Crippen molar-refractivity contribution in [1.29, 1.82) is 0 Å². The van der Waals surface area contributed by atoms with E-state index in [2.05, 4.69) is 41.7 Å². The molecule has 0 aromatic heterocycles. The second kappa shape index (κ2) is 20.4. The number of likely N-dealkylation sites (tertiary alicyclic amines) is 1. The molecule has 3 unspecified atom stereocenters. The summed E-state index contributed by atoms with van der Waals surface area (Å²) in [6, 6.07) is 15.5. The standard InChI is InChI=1S/C45H56N8O6/c54-41-27-40(50-42(55)30-52-18-16-35(17-19-52)53-20-22-59-23-21-53)43(56)47-29-34(24-31-10-4-1-5-11-31)48-44(57)38(25-32-12-6-2-7-13-32)51-45(58)39(49-41)26-33-28-46-37-15-9-3-8-14-36(33)37/h1-15,28,34-35,37-40,46H,16-27,29-30H2,(H,47,56)(H,48,57)(H,49,54)(H,50,55)(H,51,58)/t34-,37?,38-,39?,40?/m1/s1. The molecule has 4 heterocycles. The van der Waals surface area contributed by atoms with Crippen LogP contribution in [0, 0.1) is 0 Å². The zero-order valence-corrected chi connectivity index (χ0v) is 33.4. The Kier molecular flexibility index (Phi) is 14.4. The number of nitrogens with one attached hydrogen (secondary N) is 6. The van der Waals surface area contributed by atoms with Gasteiger partial charge in [0, 0.05) is 57.8 Å². The van der Waals surface area contributed by atoms with Gasteiger partial charge in [0.05, 0.1) is 38.3 Å². The van der Waals surface area contributed by atoms with Crippen molar-refractivity contribution in [3.05, 3.63) is 120 Å². The molecule has 3 fully saturated rings. The number of ether oxygens (including phenoxy) is 1. The maximum absolute atomic E-state index is 14.4. The molecule has 3 saturated heterocycles. The second-order valence-corrected chi connectivity index (χ2v) is 15.9. The minimum absolute atomic E-state index is 0.0253. The van der Waals surface area contributed by atoms with Crippen LogP contribution in [0.1, 0.15) is 36.8 Å². The zero-order chi connectivity index (χ0) is 41.0. The van der Waals surface area contributed by atoms with E-state index in [0.717, 1.165) is 74.5 Å². The lowest BCUT2D eigenvalue weighted by Gasteiger charge is -2.39. The van der Waals surface area contributed by atoms with Gasteiger partial charge >= 0.3 is 0 Å². The van der Waals surface area contributed by atoms with Crippen LogP contribution in [0.5, 0.6) is 0 Å². The molecule has 0 bridgehead atoms. The smallest absolute Gasteiger partial charge is 0.243 e. The summed E-state index contributed by atoms with van der Waals surface area (Å²) in [5.41, 5.74) is 3.56. The van der Waals surface area contributed by atoms with Crippen LogP contribution in [0.15, 0.2) is 108 Å². The van der Waals surface area contributed by atoms with Crippen LogP contribution in [0.25, 0.3) is 0 Å². The zero-order valence-electron chi connectivity index (χ0n) is 33.4. The molecule has 4 aliphatic heterocycles. The van der Waals surface area contributed by atoms with Crippen molar-refractivity contribution >= 4 is 29.5 Å². The van der Waals surface area contributed by atoms with Gasteiger partial charge in [0.2, 0.25) is 29.5 Å². The molecular formula is C45H56N8O6. The number of hydrogen-bond donors (Lipinski definition) is 6. The highest BCUT2D eigenvalue weighted by Gasteiger charge is 2.34. The third-order valence-electron chi connectivity index (χ3n) is 11.7. The van der Waals surface area contributed by atoms with E-state index in [1.807, 2.05) is 97.2 Å². The van der Waals surface area contributed by atoms with Gasteiger partial charge in [0.25, 0.3) is 0 Å². The lowest BCUT2D eigenvalue weighted by atomic mass is 9.95. The number of rotatable bonds is 10. The Bertz CT molecular complexity index is 1920. The summed E-state index contributed by atoms with van der Waals surface area (Å²) >= 11 is 0. The number of benzene rings is 2. The van der Waals surface area contributed by atoms with Gasteiger partial charge in [-0.2, -0.15) is 0 Å². The largest absolute Gasteiger partial charge is 0.380 e. The Morgan fingerprint density at radius 3 is 2.15 bits per heavy atom. The van der Waals surface area contributed by atoms with E-state index in [1.54, 1.807) is 0 Å². The topological polar surface area (TPSA) is 173 Å². The highest BCUT2D eigenvalue weighted by atomic mass is 16.5. The van der Waals surface area contributed by atoms with Gasteiger partial charge in [0.15, 0.2) is 0 Å². The molecule has 5 aliphatic rings. The summed E-state index contributed by atoms with van der Waals surface area (Å²) in [5, 5.41) is 18.0. The Labute approximate surface area is 345 Å². The minimum atomic E-state index is -1.23. The first-order chi connectivity index (χ1) is 28.8. The van der Waals surface area contributed by atoms with Crippen LogP contribution in [0.3, 0.4) is 0 Å². The van der Waals surface area contributed by atoms with Crippen molar-refractivity contribution in [2.45, 2.75) is 74.8 Å².